The summed E-state index contributed by atoms with van der Waals surface area (Å²) in [4.78, 5) is 28.2. The second-order valence-corrected chi connectivity index (χ2v) is 8.18. The number of esters is 1. The van der Waals surface area contributed by atoms with Gasteiger partial charge < -0.3 is 14.4 Å². The van der Waals surface area contributed by atoms with Gasteiger partial charge in [-0.1, -0.05) is 60.7 Å². The quantitative estimate of drug-likeness (QED) is 0.531. The highest BCUT2D eigenvalue weighted by molar-refractivity contribution is 6.07. The van der Waals surface area contributed by atoms with Crippen molar-refractivity contribution in [2.24, 2.45) is 10.8 Å². The predicted molar refractivity (Wildman–Crippen MR) is 109 cm³/mol. The average Bonchev–Trinajstić information content (AvgIpc) is 2.92. The zero-order chi connectivity index (χ0) is 20.5. The smallest absolute Gasteiger partial charge is 0.322 e. The van der Waals surface area contributed by atoms with Crippen molar-refractivity contribution in [2.45, 2.75) is 32.4 Å². The molecule has 1 aliphatic carbocycles. The Morgan fingerprint density at radius 2 is 1.72 bits per heavy atom. The van der Waals surface area contributed by atoms with Crippen molar-refractivity contribution in [3.63, 3.8) is 0 Å². The number of hydrogen-bond donors (Lipinski definition) is 0. The average molecular weight is 393 g/mol. The molecule has 0 N–H and O–H groups in total. The first-order valence-corrected chi connectivity index (χ1v) is 10.1. The Balaban J connectivity index is 1.58. The fraction of sp³-hybridized carbons (Fsp3) is 0.417. The number of carbonyl (C=O) groups excluding carboxylic acids is 2. The van der Waals surface area contributed by atoms with Gasteiger partial charge in [-0.05, 0) is 30.9 Å². The summed E-state index contributed by atoms with van der Waals surface area (Å²) in [6.45, 7) is 3.34. The Morgan fingerprint density at radius 1 is 1.07 bits per heavy atom. The number of likely N-dealkylation sites (tertiary alicyclic amines) is 1. The van der Waals surface area contributed by atoms with Crippen LogP contribution in [-0.4, -0.2) is 37.0 Å². The molecule has 0 radical (unpaired) electrons. The highest BCUT2D eigenvalue weighted by Crippen LogP contribution is 2.64. The summed E-state index contributed by atoms with van der Waals surface area (Å²) in [5.41, 5.74) is 0.476. The molecule has 1 aliphatic heterocycles. The summed E-state index contributed by atoms with van der Waals surface area (Å²) in [7, 11) is 1.36. The van der Waals surface area contributed by atoms with E-state index in [9.17, 15) is 9.59 Å². The van der Waals surface area contributed by atoms with Gasteiger partial charge in [-0.3, -0.25) is 9.59 Å². The first-order valence-electron chi connectivity index (χ1n) is 10.1. The van der Waals surface area contributed by atoms with Gasteiger partial charge >= 0.3 is 5.97 Å². The number of carbonyl (C=O) groups is 2. The molecule has 29 heavy (non-hydrogen) atoms. The molecule has 2 fully saturated rings. The summed E-state index contributed by atoms with van der Waals surface area (Å²) in [5.74, 6) is -0.560. The van der Waals surface area contributed by atoms with Crippen LogP contribution in [0, 0.1) is 10.8 Å². The highest BCUT2D eigenvalue weighted by Gasteiger charge is 2.74. The van der Waals surface area contributed by atoms with Gasteiger partial charge in [0.25, 0.3) is 0 Å². The van der Waals surface area contributed by atoms with Crippen molar-refractivity contribution in [2.75, 3.05) is 20.3 Å². The van der Waals surface area contributed by atoms with Gasteiger partial charge in [0.2, 0.25) is 5.91 Å². The van der Waals surface area contributed by atoms with Gasteiger partial charge in [0.1, 0.15) is 0 Å². The topological polar surface area (TPSA) is 55.8 Å². The first kappa shape index (κ1) is 19.6. The number of nitrogens with zero attached hydrogens (tertiary/aromatic N) is 1. The first-order chi connectivity index (χ1) is 14.0. The lowest BCUT2D eigenvalue weighted by Gasteiger charge is -2.49. The molecule has 1 saturated carbocycles. The molecule has 5 heteroatoms. The largest absolute Gasteiger partial charge is 0.468 e. The van der Waals surface area contributed by atoms with Crippen molar-refractivity contribution in [1.29, 1.82) is 0 Å². The molecular weight excluding hydrogens is 366 g/mol. The van der Waals surface area contributed by atoms with Crippen LogP contribution in [0.5, 0.6) is 0 Å². The Kier molecular flexibility index (Phi) is 5.17. The summed E-state index contributed by atoms with van der Waals surface area (Å²) >= 11 is 0. The summed E-state index contributed by atoms with van der Waals surface area (Å²) in [6, 6.07) is 19.7. The van der Waals surface area contributed by atoms with E-state index in [4.69, 9.17) is 9.47 Å². The fourth-order valence-corrected chi connectivity index (χ4v) is 4.90. The minimum Gasteiger partial charge on any atom is -0.468 e. The fourth-order valence-electron chi connectivity index (χ4n) is 4.90. The van der Waals surface area contributed by atoms with Gasteiger partial charge in [-0.25, -0.2) is 0 Å². The molecule has 2 aromatic rings. The van der Waals surface area contributed by atoms with Crippen molar-refractivity contribution < 1.29 is 19.1 Å². The molecule has 0 aromatic heterocycles. The SMILES string of the molecule is COC(=O)[C@@]12CC[C@]1(COCc1ccccc1)CN([C@H](C)c1ccccc1)C2=O. The number of benzene rings is 2. The lowest BCUT2D eigenvalue weighted by molar-refractivity contribution is -0.183. The van der Waals surface area contributed by atoms with Crippen LogP contribution < -0.4 is 0 Å². The number of ether oxygens (including phenoxy) is 2. The molecule has 4 rings (SSSR count). The molecule has 1 amide bonds. The molecule has 0 bridgehead atoms. The molecule has 0 spiro atoms. The molecular formula is C24H27NO4. The van der Waals surface area contributed by atoms with E-state index >= 15 is 0 Å². The Bertz CT molecular complexity index is 884. The monoisotopic (exact) mass is 393 g/mol. The van der Waals surface area contributed by atoms with Crippen LogP contribution in [0.4, 0.5) is 0 Å². The maximum Gasteiger partial charge on any atom is 0.322 e. The van der Waals surface area contributed by atoms with Crippen LogP contribution in [-0.2, 0) is 25.7 Å². The number of methoxy groups -OCH3 is 1. The van der Waals surface area contributed by atoms with Crippen molar-refractivity contribution in [1.82, 2.24) is 4.90 Å². The van der Waals surface area contributed by atoms with Crippen LogP contribution in [0.2, 0.25) is 0 Å². The van der Waals surface area contributed by atoms with Crippen molar-refractivity contribution in [3.05, 3.63) is 71.8 Å². The predicted octanol–water partition coefficient (Wildman–Crippen LogP) is 3.75. The van der Waals surface area contributed by atoms with E-state index in [2.05, 4.69) is 0 Å². The van der Waals surface area contributed by atoms with Gasteiger partial charge in [0.15, 0.2) is 5.41 Å². The Morgan fingerprint density at radius 3 is 2.31 bits per heavy atom. The number of rotatable bonds is 7. The number of amides is 1. The van der Waals surface area contributed by atoms with E-state index in [-0.39, 0.29) is 11.9 Å². The van der Waals surface area contributed by atoms with Gasteiger partial charge in [0.05, 0.1) is 26.4 Å². The molecule has 3 atom stereocenters. The number of fused-ring (bicyclic) bond motifs is 1. The maximum atomic E-state index is 13.5. The highest BCUT2D eigenvalue weighted by atomic mass is 16.5. The van der Waals surface area contributed by atoms with Crippen molar-refractivity contribution >= 4 is 11.9 Å². The van der Waals surface area contributed by atoms with Gasteiger partial charge in [0, 0.05) is 12.0 Å². The van der Waals surface area contributed by atoms with Gasteiger partial charge in [-0.2, -0.15) is 0 Å². The van der Waals surface area contributed by atoms with Crippen molar-refractivity contribution in [3.8, 4) is 0 Å². The van der Waals surface area contributed by atoms with Crippen LogP contribution in [0.1, 0.15) is 36.9 Å². The van der Waals surface area contributed by atoms with E-state index in [1.165, 1.54) is 7.11 Å². The Labute approximate surface area is 171 Å². The van der Waals surface area contributed by atoms with E-state index in [1.807, 2.05) is 72.5 Å². The standard InChI is InChI=1S/C24H27NO4/c1-18(20-11-7-4-8-12-20)25-16-23(17-29-15-19-9-5-3-6-10-19)13-14-24(23,21(25)26)22(27)28-2/h3-12,18H,13-17H2,1-2H3/t18-,23-,24+/m1/s1. The Hall–Kier alpha value is -2.66. The zero-order valence-electron chi connectivity index (χ0n) is 17.0. The van der Waals surface area contributed by atoms with E-state index in [0.717, 1.165) is 17.5 Å². The lowest BCUT2D eigenvalue weighted by Crippen LogP contribution is -2.59. The molecule has 5 nitrogen and oxygen atoms in total. The third kappa shape index (κ3) is 3.04. The van der Waals surface area contributed by atoms with Crippen LogP contribution in [0.15, 0.2) is 60.7 Å². The second kappa shape index (κ2) is 7.64. The maximum absolute atomic E-state index is 13.5. The minimum atomic E-state index is -1.12. The van der Waals surface area contributed by atoms with Crippen LogP contribution in [0.3, 0.4) is 0 Å². The van der Waals surface area contributed by atoms with Gasteiger partial charge in [-0.15, -0.1) is 0 Å². The van der Waals surface area contributed by atoms with Crippen LogP contribution in [0.25, 0.3) is 0 Å². The molecule has 2 aliphatic rings. The normalized spacial score (nSPS) is 26.6. The molecule has 1 heterocycles. The molecule has 0 unspecified atom stereocenters. The molecule has 1 saturated heterocycles. The van der Waals surface area contributed by atoms with E-state index < -0.39 is 16.8 Å². The van der Waals surface area contributed by atoms with Crippen LogP contribution >= 0.6 is 0 Å². The summed E-state index contributed by atoms with van der Waals surface area (Å²) < 4.78 is 11.2. The molecule has 2 aromatic carbocycles. The second-order valence-electron chi connectivity index (χ2n) is 8.18. The summed E-state index contributed by atoms with van der Waals surface area (Å²) in [5, 5.41) is 0. The third-order valence-electron chi connectivity index (χ3n) is 6.76. The lowest BCUT2D eigenvalue weighted by atomic mass is 9.51. The molecule has 152 valence electrons. The van der Waals surface area contributed by atoms with E-state index in [1.54, 1.807) is 0 Å². The third-order valence-corrected chi connectivity index (χ3v) is 6.76. The zero-order valence-corrected chi connectivity index (χ0v) is 17.0. The van der Waals surface area contributed by atoms with E-state index in [0.29, 0.717) is 26.2 Å². The summed E-state index contributed by atoms with van der Waals surface area (Å²) in [6.07, 6.45) is 1.30. The number of hydrogen-bond acceptors (Lipinski definition) is 4. The minimum absolute atomic E-state index is 0.109.